The van der Waals surface area contributed by atoms with E-state index in [0.29, 0.717) is 24.0 Å². The number of alkyl carbamates (subject to hydrolysis) is 1. The van der Waals surface area contributed by atoms with E-state index in [4.69, 9.17) is 14.0 Å². The number of hydrogen-bond acceptors (Lipinski definition) is 9. The molecule has 52 heavy (non-hydrogen) atoms. The average Bonchev–Trinajstić information content (AvgIpc) is 3.15. The second kappa shape index (κ2) is 20.5. The number of ether oxygens (including phenoxy) is 2. The van der Waals surface area contributed by atoms with Crippen LogP contribution in [0.2, 0.25) is 0 Å². The summed E-state index contributed by atoms with van der Waals surface area (Å²) in [4.78, 5) is 66.6. The molecular weight excluding hydrogens is 687 g/mol. The third-order valence-electron chi connectivity index (χ3n) is 7.76. The Morgan fingerprint density at radius 3 is 1.94 bits per heavy atom. The number of hydrogen-bond donors (Lipinski definition) is 4. The van der Waals surface area contributed by atoms with Crippen LogP contribution in [0.15, 0.2) is 116 Å². The Morgan fingerprint density at radius 2 is 1.33 bits per heavy atom. The Bertz CT molecular complexity index is 1770. The zero-order valence-electron chi connectivity index (χ0n) is 28.8. The van der Waals surface area contributed by atoms with Crippen LogP contribution in [-0.4, -0.2) is 64.8 Å². The number of carbonyl (C=O) groups is 4. The highest BCUT2D eigenvalue weighted by Crippen LogP contribution is 2.49. The maximum absolute atomic E-state index is 14.0. The van der Waals surface area contributed by atoms with Crippen molar-refractivity contribution in [2.45, 2.75) is 57.1 Å². The minimum Gasteiger partial charge on any atom is -0.464 e. The van der Waals surface area contributed by atoms with Gasteiger partial charge in [0.2, 0.25) is 11.8 Å². The Balaban J connectivity index is 1.39. The highest BCUT2D eigenvalue weighted by Gasteiger charge is 2.40. The van der Waals surface area contributed by atoms with Crippen molar-refractivity contribution >= 4 is 31.5 Å². The first-order chi connectivity index (χ1) is 25.1. The van der Waals surface area contributed by atoms with E-state index in [1.165, 1.54) is 6.92 Å². The maximum atomic E-state index is 14.0. The van der Waals surface area contributed by atoms with E-state index in [0.717, 1.165) is 11.1 Å². The standard InChI is InChI=1S/C38H43N4O9P/c1-28(41-34(43)26-40-38(46)50-27-32-16-9-4-10-17-32)36(44)42-35(25-31-14-7-3-8-15-31)52(47,48)51-33(24-30-12-5-2-6-13-30)37(45)49-23-11-18-29-19-21-39-22-20-29/h2-10,12-17,19-22,28,33,35H,11,18,23-27H2,1H3,(H,40,46)(H,41,43)(H,42,44)(H,47,48)/t28-,33-,35+/m0/s1. The lowest BCUT2D eigenvalue weighted by atomic mass is 10.1. The van der Waals surface area contributed by atoms with Crippen LogP contribution in [-0.2, 0) is 58.8 Å². The Labute approximate surface area is 302 Å². The molecular formula is C38H43N4O9P. The van der Waals surface area contributed by atoms with E-state index < -0.39 is 55.9 Å². The van der Waals surface area contributed by atoms with Gasteiger partial charge in [-0.15, -0.1) is 0 Å². The van der Waals surface area contributed by atoms with E-state index in [-0.39, 0.29) is 26.1 Å². The van der Waals surface area contributed by atoms with E-state index in [2.05, 4.69) is 20.9 Å². The summed E-state index contributed by atoms with van der Waals surface area (Å²) in [7, 11) is -4.81. The van der Waals surface area contributed by atoms with Crippen molar-refractivity contribution < 1.29 is 42.6 Å². The largest absolute Gasteiger partial charge is 0.464 e. The molecule has 4 rings (SSSR count). The summed E-state index contributed by atoms with van der Waals surface area (Å²) in [5.74, 6) is -3.83. The van der Waals surface area contributed by atoms with Crippen LogP contribution < -0.4 is 16.0 Å². The molecule has 3 amide bonds. The third kappa shape index (κ3) is 13.7. The van der Waals surface area contributed by atoms with Crippen molar-refractivity contribution in [3.63, 3.8) is 0 Å². The first kappa shape index (κ1) is 39.4. The normalized spacial score (nSPS) is 13.7. The quantitative estimate of drug-likeness (QED) is 0.0610. The van der Waals surface area contributed by atoms with Crippen LogP contribution in [0.25, 0.3) is 0 Å². The van der Waals surface area contributed by atoms with Gasteiger partial charge in [0.15, 0.2) is 6.10 Å². The molecule has 4 N–H and O–H groups in total. The lowest BCUT2D eigenvalue weighted by Gasteiger charge is -2.28. The second-order valence-electron chi connectivity index (χ2n) is 11.9. The predicted octanol–water partition coefficient (Wildman–Crippen LogP) is 4.49. The summed E-state index contributed by atoms with van der Waals surface area (Å²) < 4.78 is 30.3. The van der Waals surface area contributed by atoms with Crippen molar-refractivity contribution in [3.8, 4) is 0 Å². The van der Waals surface area contributed by atoms with Crippen LogP contribution in [0.1, 0.15) is 35.6 Å². The molecule has 0 aliphatic carbocycles. The first-order valence-electron chi connectivity index (χ1n) is 16.8. The van der Waals surface area contributed by atoms with Crippen LogP contribution in [0, 0.1) is 0 Å². The lowest BCUT2D eigenvalue weighted by molar-refractivity contribution is -0.152. The Morgan fingerprint density at radius 1 is 0.750 bits per heavy atom. The molecule has 13 nitrogen and oxygen atoms in total. The molecule has 0 spiro atoms. The molecule has 4 aromatic rings. The molecule has 0 saturated carbocycles. The highest BCUT2D eigenvalue weighted by atomic mass is 31.2. The fraction of sp³-hybridized carbons (Fsp3) is 0.289. The number of benzene rings is 3. The van der Waals surface area contributed by atoms with Crippen LogP contribution in [0.5, 0.6) is 0 Å². The molecule has 0 bridgehead atoms. The minimum absolute atomic E-state index is 0.00940. The van der Waals surface area contributed by atoms with Crippen LogP contribution >= 0.6 is 7.60 Å². The maximum Gasteiger partial charge on any atom is 0.407 e. The van der Waals surface area contributed by atoms with Gasteiger partial charge in [-0.25, -0.2) is 9.59 Å². The van der Waals surface area contributed by atoms with Crippen molar-refractivity contribution in [3.05, 3.63) is 138 Å². The third-order valence-corrected chi connectivity index (χ3v) is 9.42. The molecule has 0 aliphatic heterocycles. The fourth-order valence-corrected chi connectivity index (χ4v) is 6.40. The van der Waals surface area contributed by atoms with Crippen molar-refractivity contribution in [1.29, 1.82) is 0 Å². The molecule has 1 unspecified atom stereocenters. The summed E-state index contributed by atoms with van der Waals surface area (Å²) in [5, 5.41) is 7.30. The van der Waals surface area contributed by atoms with Gasteiger partial charge in [-0.3, -0.25) is 23.7 Å². The minimum atomic E-state index is -4.81. The lowest BCUT2D eigenvalue weighted by Crippen LogP contribution is -2.50. The summed E-state index contributed by atoms with van der Waals surface area (Å²) >= 11 is 0. The van der Waals surface area contributed by atoms with Crippen molar-refractivity contribution in [2.24, 2.45) is 0 Å². The molecule has 1 heterocycles. The van der Waals surface area contributed by atoms with Crippen molar-refractivity contribution in [2.75, 3.05) is 13.2 Å². The average molecular weight is 731 g/mol. The summed E-state index contributed by atoms with van der Waals surface area (Å²) in [5.41, 5.74) is 3.06. The monoisotopic (exact) mass is 730 g/mol. The topological polar surface area (TPSA) is 182 Å². The van der Waals surface area contributed by atoms with Gasteiger partial charge in [-0.05, 0) is 54.2 Å². The van der Waals surface area contributed by atoms with Gasteiger partial charge in [0.25, 0.3) is 0 Å². The van der Waals surface area contributed by atoms with E-state index in [9.17, 15) is 28.6 Å². The van der Waals surface area contributed by atoms with Gasteiger partial charge < -0.3 is 30.3 Å². The fourth-order valence-electron chi connectivity index (χ4n) is 5.00. The highest BCUT2D eigenvalue weighted by molar-refractivity contribution is 7.53. The van der Waals surface area contributed by atoms with E-state index in [1.807, 2.05) is 18.2 Å². The number of esters is 1. The molecule has 1 aromatic heterocycles. The molecule has 3 aromatic carbocycles. The van der Waals surface area contributed by atoms with Gasteiger partial charge in [0.1, 0.15) is 25.0 Å². The SMILES string of the molecule is C[C@H](NC(=O)CNC(=O)OCc1ccccc1)C(=O)N[C@@H](Cc1ccccc1)P(=O)(O)O[C@@H](Cc1ccccc1)C(=O)OCCCc1ccncc1. The zero-order valence-corrected chi connectivity index (χ0v) is 29.7. The number of aryl methyl sites for hydroxylation is 1. The molecule has 0 aliphatic rings. The van der Waals surface area contributed by atoms with Gasteiger partial charge >= 0.3 is 19.7 Å². The van der Waals surface area contributed by atoms with Gasteiger partial charge in [0, 0.05) is 25.2 Å². The smallest absolute Gasteiger partial charge is 0.407 e. The predicted molar refractivity (Wildman–Crippen MR) is 193 cm³/mol. The first-order valence-corrected chi connectivity index (χ1v) is 18.4. The number of rotatable bonds is 19. The number of amides is 3. The zero-order chi connectivity index (χ0) is 37.2. The molecule has 0 saturated heterocycles. The molecule has 0 radical (unpaired) electrons. The van der Waals surface area contributed by atoms with Gasteiger partial charge in [0.05, 0.1) is 6.61 Å². The number of nitrogens with zero attached hydrogens (tertiary/aromatic N) is 1. The van der Waals surface area contributed by atoms with Gasteiger partial charge in [-0.1, -0.05) is 91.0 Å². The van der Waals surface area contributed by atoms with E-state index >= 15 is 0 Å². The molecule has 0 fully saturated rings. The summed E-state index contributed by atoms with van der Waals surface area (Å²) in [6.07, 6.45) is 2.00. The number of nitrogens with one attached hydrogen (secondary N) is 3. The summed E-state index contributed by atoms with van der Waals surface area (Å²) in [6.45, 7) is 0.958. The summed E-state index contributed by atoms with van der Waals surface area (Å²) in [6, 6.07) is 29.0. The Hall–Kier alpha value is -5.36. The van der Waals surface area contributed by atoms with Crippen LogP contribution in [0.4, 0.5) is 4.79 Å². The second-order valence-corrected chi connectivity index (χ2v) is 13.9. The molecule has 274 valence electrons. The number of carbonyl (C=O) groups excluding carboxylic acids is 4. The van der Waals surface area contributed by atoms with Gasteiger partial charge in [-0.2, -0.15) is 0 Å². The number of pyridine rings is 1. The molecule has 14 heteroatoms. The van der Waals surface area contributed by atoms with E-state index in [1.54, 1.807) is 97.3 Å². The van der Waals surface area contributed by atoms with Crippen molar-refractivity contribution in [1.82, 2.24) is 20.9 Å². The van der Waals surface area contributed by atoms with Crippen LogP contribution in [0.3, 0.4) is 0 Å². The number of aromatic nitrogens is 1. The Kier molecular flexibility index (Phi) is 15.5. The molecule has 4 atom stereocenters.